The summed E-state index contributed by atoms with van der Waals surface area (Å²) in [7, 11) is -2.88. The minimum Gasteiger partial charge on any atom is -0.311 e. The van der Waals surface area contributed by atoms with Gasteiger partial charge in [-0.15, -0.1) is 0 Å². The Morgan fingerprint density at radius 2 is 2.28 bits per heavy atom. The van der Waals surface area contributed by atoms with E-state index < -0.39 is 9.84 Å². The Bertz CT molecular complexity index is 562. The molecule has 0 saturated carbocycles. The summed E-state index contributed by atoms with van der Waals surface area (Å²) in [6.45, 7) is 3.83. The van der Waals surface area contributed by atoms with Crippen molar-refractivity contribution < 1.29 is 8.42 Å². The van der Waals surface area contributed by atoms with Gasteiger partial charge in [0.1, 0.15) is 0 Å². The average Bonchev–Trinajstić information content (AvgIpc) is 2.66. The number of nitrogens with one attached hydrogen (secondary N) is 1. The van der Waals surface area contributed by atoms with E-state index >= 15 is 0 Å². The van der Waals surface area contributed by atoms with Crippen LogP contribution >= 0.6 is 0 Å². The first-order valence-electron chi connectivity index (χ1n) is 6.55. The highest BCUT2D eigenvalue weighted by Crippen LogP contribution is 2.27. The van der Waals surface area contributed by atoms with Gasteiger partial charge in [-0.2, -0.15) is 5.10 Å². The third-order valence-corrected chi connectivity index (χ3v) is 5.75. The number of hydrogen-bond acceptors (Lipinski definition) is 4. The van der Waals surface area contributed by atoms with E-state index in [4.69, 9.17) is 0 Å². The topological polar surface area (TPSA) is 64.0 Å². The van der Waals surface area contributed by atoms with Gasteiger partial charge in [-0.05, 0) is 38.3 Å². The Morgan fingerprint density at radius 1 is 1.44 bits per heavy atom. The van der Waals surface area contributed by atoms with Crippen LogP contribution in [-0.2, 0) is 22.8 Å². The third kappa shape index (κ3) is 2.07. The fourth-order valence-corrected chi connectivity index (χ4v) is 4.72. The fraction of sp³-hybridized carbons (Fsp3) is 0.750. The molecule has 5 nitrogen and oxygen atoms in total. The lowest BCUT2D eigenvalue weighted by Crippen LogP contribution is -2.32. The summed E-state index contributed by atoms with van der Waals surface area (Å²) in [5, 5.41) is 7.94. The number of fused-ring (bicyclic) bond motifs is 1. The molecule has 1 aromatic heterocycles. The second-order valence-corrected chi connectivity index (χ2v) is 7.52. The summed E-state index contributed by atoms with van der Waals surface area (Å²) in [5.41, 5.74) is 3.58. The van der Waals surface area contributed by atoms with Crippen LogP contribution in [0.5, 0.6) is 0 Å². The molecule has 2 aliphatic heterocycles. The molecule has 0 amide bonds. The largest absolute Gasteiger partial charge is 0.311 e. The van der Waals surface area contributed by atoms with Crippen molar-refractivity contribution in [3.8, 4) is 0 Å². The van der Waals surface area contributed by atoms with Crippen LogP contribution in [-0.4, -0.2) is 36.2 Å². The molecule has 1 N–H and O–H groups in total. The molecule has 18 heavy (non-hydrogen) atoms. The van der Waals surface area contributed by atoms with Gasteiger partial charge in [-0.3, -0.25) is 4.68 Å². The van der Waals surface area contributed by atoms with Crippen molar-refractivity contribution in [2.24, 2.45) is 0 Å². The molecule has 1 atom stereocenters. The number of sulfone groups is 1. The Balaban J connectivity index is 1.97. The smallest absolute Gasteiger partial charge is 0.152 e. The van der Waals surface area contributed by atoms with Gasteiger partial charge in [0.05, 0.1) is 28.9 Å². The summed E-state index contributed by atoms with van der Waals surface area (Å²) >= 11 is 0. The first-order valence-corrected chi connectivity index (χ1v) is 8.37. The van der Waals surface area contributed by atoms with Crippen LogP contribution in [0.2, 0.25) is 0 Å². The molecule has 0 spiro atoms. The van der Waals surface area contributed by atoms with Crippen LogP contribution in [0.1, 0.15) is 35.8 Å². The Labute approximate surface area is 107 Å². The highest BCUT2D eigenvalue weighted by Gasteiger charge is 2.30. The second kappa shape index (κ2) is 4.35. The zero-order valence-corrected chi connectivity index (χ0v) is 11.5. The maximum Gasteiger partial charge on any atom is 0.152 e. The van der Waals surface area contributed by atoms with Crippen molar-refractivity contribution >= 4 is 9.84 Å². The SMILES string of the molecule is Cc1nn(C2CCCS(=O)(=O)C2)c2c1CCNC2. The maximum absolute atomic E-state index is 11.8. The van der Waals surface area contributed by atoms with Crippen LogP contribution in [0.15, 0.2) is 0 Å². The van der Waals surface area contributed by atoms with Crippen molar-refractivity contribution in [3.63, 3.8) is 0 Å². The molecule has 100 valence electrons. The number of nitrogens with zero attached hydrogens (tertiary/aromatic N) is 2. The van der Waals surface area contributed by atoms with Crippen molar-refractivity contribution in [2.75, 3.05) is 18.1 Å². The summed E-state index contributed by atoms with van der Waals surface area (Å²) in [4.78, 5) is 0. The molecular weight excluding hydrogens is 250 g/mol. The molecule has 1 fully saturated rings. The van der Waals surface area contributed by atoms with Crippen molar-refractivity contribution in [1.82, 2.24) is 15.1 Å². The van der Waals surface area contributed by atoms with Crippen LogP contribution in [0.25, 0.3) is 0 Å². The number of rotatable bonds is 1. The summed E-state index contributed by atoms with van der Waals surface area (Å²) in [5.74, 6) is 0.588. The molecule has 0 radical (unpaired) electrons. The molecule has 1 aromatic rings. The first kappa shape index (κ1) is 12.2. The lowest BCUT2D eigenvalue weighted by molar-refractivity contribution is 0.413. The summed E-state index contributed by atoms with van der Waals surface area (Å²) in [6, 6.07) is 0.0334. The standard InChI is InChI=1S/C12H19N3O2S/c1-9-11-4-5-13-7-12(11)15(14-9)10-3-2-6-18(16,17)8-10/h10,13H,2-8H2,1H3. The van der Waals surface area contributed by atoms with Gasteiger partial charge < -0.3 is 5.32 Å². The van der Waals surface area contributed by atoms with Crippen LogP contribution in [0, 0.1) is 6.92 Å². The van der Waals surface area contributed by atoms with E-state index in [1.165, 1.54) is 11.3 Å². The zero-order chi connectivity index (χ0) is 12.8. The predicted molar refractivity (Wildman–Crippen MR) is 69.3 cm³/mol. The van der Waals surface area contributed by atoms with Crippen molar-refractivity contribution in [2.45, 2.75) is 38.8 Å². The van der Waals surface area contributed by atoms with Gasteiger partial charge in [-0.1, -0.05) is 0 Å². The van der Waals surface area contributed by atoms with Gasteiger partial charge in [0, 0.05) is 6.54 Å². The molecule has 0 aromatic carbocycles. The summed E-state index contributed by atoms with van der Waals surface area (Å²) < 4.78 is 25.5. The van der Waals surface area contributed by atoms with E-state index in [0.29, 0.717) is 5.75 Å². The molecule has 3 heterocycles. The molecule has 0 bridgehead atoms. The molecule has 1 unspecified atom stereocenters. The van der Waals surface area contributed by atoms with Gasteiger partial charge in [0.15, 0.2) is 9.84 Å². The monoisotopic (exact) mass is 269 g/mol. The maximum atomic E-state index is 11.8. The Hall–Kier alpha value is -0.880. The Morgan fingerprint density at radius 3 is 3.06 bits per heavy atom. The van der Waals surface area contributed by atoms with E-state index in [1.807, 2.05) is 11.6 Å². The van der Waals surface area contributed by atoms with E-state index in [9.17, 15) is 8.42 Å². The first-order chi connectivity index (χ1) is 8.57. The molecular formula is C12H19N3O2S. The minimum atomic E-state index is -2.88. The van der Waals surface area contributed by atoms with E-state index in [-0.39, 0.29) is 11.8 Å². The normalized spacial score (nSPS) is 26.8. The molecule has 1 saturated heterocycles. The van der Waals surface area contributed by atoms with Crippen molar-refractivity contribution in [3.05, 3.63) is 17.0 Å². The van der Waals surface area contributed by atoms with Crippen LogP contribution in [0.3, 0.4) is 0 Å². The highest BCUT2D eigenvalue weighted by atomic mass is 32.2. The predicted octanol–water partition coefficient (Wildman–Crippen LogP) is 0.587. The average molecular weight is 269 g/mol. The van der Waals surface area contributed by atoms with E-state index in [1.54, 1.807) is 0 Å². The lowest BCUT2D eigenvalue weighted by Gasteiger charge is -2.25. The molecule has 6 heteroatoms. The van der Waals surface area contributed by atoms with E-state index in [2.05, 4.69) is 10.4 Å². The number of hydrogen-bond donors (Lipinski definition) is 1. The number of aromatic nitrogens is 2. The third-order valence-electron chi connectivity index (χ3n) is 3.95. The lowest BCUT2D eigenvalue weighted by atomic mass is 10.1. The van der Waals surface area contributed by atoms with Gasteiger partial charge in [0.2, 0.25) is 0 Å². The van der Waals surface area contributed by atoms with Gasteiger partial charge in [0.25, 0.3) is 0 Å². The number of aryl methyl sites for hydroxylation is 1. The molecule has 3 rings (SSSR count). The fourth-order valence-electron chi connectivity index (χ4n) is 3.06. The quantitative estimate of drug-likeness (QED) is 0.810. The summed E-state index contributed by atoms with van der Waals surface area (Å²) in [6.07, 6.45) is 2.68. The zero-order valence-electron chi connectivity index (χ0n) is 10.6. The molecule has 2 aliphatic rings. The highest BCUT2D eigenvalue weighted by molar-refractivity contribution is 7.91. The Kier molecular flexibility index (Phi) is 2.94. The minimum absolute atomic E-state index is 0.0334. The van der Waals surface area contributed by atoms with Gasteiger partial charge >= 0.3 is 0 Å². The molecule has 0 aliphatic carbocycles. The van der Waals surface area contributed by atoms with Gasteiger partial charge in [-0.25, -0.2) is 8.42 Å². The van der Waals surface area contributed by atoms with Crippen molar-refractivity contribution in [1.29, 1.82) is 0 Å². The van der Waals surface area contributed by atoms with Crippen LogP contribution < -0.4 is 5.32 Å². The second-order valence-electron chi connectivity index (χ2n) is 5.29. The van der Waals surface area contributed by atoms with Crippen LogP contribution in [0.4, 0.5) is 0 Å². The van der Waals surface area contributed by atoms with E-state index in [0.717, 1.165) is 38.0 Å².